The lowest BCUT2D eigenvalue weighted by Gasteiger charge is -2.09. The summed E-state index contributed by atoms with van der Waals surface area (Å²) >= 11 is 6.85. The molecule has 2 heterocycles. The van der Waals surface area contributed by atoms with Crippen molar-refractivity contribution in [3.63, 3.8) is 0 Å². The van der Waals surface area contributed by atoms with E-state index in [1.165, 1.54) is 41.0 Å². The first-order valence-corrected chi connectivity index (χ1v) is 11.7. The second kappa shape index (κ2) is 9.57. The molecule has 0 radical (unpaired) electrons. The summed E-state index contributed by atoms with van der Waals surface area (Å²) in [6, 6.07) is 9.92. The third-order valence-electron chi connectivity index (χ3n) is 5.42. The van der Waals surface area contributed by atoms with Gasteiger partial charge in [0.1, 0.15) is 0 Å². The summed E-state index contributed by atoms with van der Waals surface area (Å²) in [4.78, 5) is 26.7. The molecule has 2 aromatic heterocycles. The van der Waals surface area contributed by atoms with Crippen LogP contribution in [0.2, 0.25) is 0 Å². The van der Waals surface area contributed by atoms with Crippen molar-refractivity contribution in [1.29, 1.82) is 0 Å². The first-order valence-electron chi connectivity index (χ1n) is 10.4. The largest absolute Gasteiger partial charge is 0.300 e. The quantitative estimate of drug-likeness (QED) is 0.307. The number of H-pyrrole nitrogens is 1. The van der Waals surface area contributed by atoms with E-state index >= 15 is 0 Å². The number of rotatable bonds is 5. The van der Waals surface area contributed by atoms with Crippen molar-refractivity contribution in [2.75, 3.05) is 0 Å². The molecule has 1 aliphatic carbocycles. The van der Waals surface area contributed by atoms with Gasteiger partial charge in [0.25, 0.3) is 5.91 Å². The van der Waals surface area contributed by atoms with Gasteiger partial charge in [-0.05, 0) is 56.5 Å². The number of aryl methyl sites for hydroxylation is 3. The maximum atomic E-state index is 12.5. The molecule has 9 heteroatoms. The Morgan fingerprint density at radius 1 is 1.16 bits per heavy atom. The lowest BCUT2D eigenvalue weighted by Crippen LogP contribution is -2.41. The minimum Gasteiger partial charge on any atom is -0.300 e. The van der Waals surface area contributed by atoms with E-state index in [-0.39, 0.29) is 18.2 Å². The van der Waals surface area contributed by atoms with Gasteiger partial charge in [0, 0.05) is 23.4 Å². The third kappa shape index (κ3) is 5.11. The van der Waals surface area contributed by atoms with Gasteiger partial charge >= 0.3 is 0 Å². The average molecular weight is 456 g/mol. The Bertz CT molecular complexity index is 1120. The van der Waals surface area contributed by atoms with E-state index in [9.17, 15) is 9.59 Å². The summed E-state index contributed by atoms with van der Waals surface area (Å²) < 4.78 is 2.24. The number of hydrogen-bond donors (Lipinski definition) is 3. The number of aromatic nitrogens is 3. The van der Waals surface area contributed by atoms with Crippen LogP contribution in [-0.4, -0.2) is 26.6 Å². The molecule has 0 unspecified atom stereocenters. The number of carbonyl (C=O) groups is 2. The number of hydrogen-bond acceptors (Lipinski definition) is 5. The summed E-state index contributed by atoms with van der Waals surface area (Å²) in [5.74, 6) is 0.123. The van der Waals surface area contributed by atoms with Crippen LogP contribution < -0.4 is 10.9 Å². The second-order valence-corrected chi connectivity index (χ2v) is 9.27. The molecule has 0 spiro atoms. The van der Waals surface area contributed by atoms with Crippen LogP contribution in [0.15, 0.2) is 30.3 Å². The molecule has 7 nitrogen and oxygen atoms in total. The highest BCUT2D eigenvalue weighted by Gasteiger charge is 2.17. The Hall–Kier alpha value is -2.78. The molecule has 0 bridgehead atoms. The van der Waals surface area contributed by atoms with Gasteiger partial charge in [-0.1, -0.05) is 36.2 Å². The Kier molecular flexibility index (Phi) is 6.62. The number of hydrazine groups is 1. The van der Waals surface area contributed by atoms with Crippen LogP contribution in [0, 0.1) is 11.7 Å². The number of benzene rings is 1. The Labute approximate surface area is 189 Å². The predicted molar refractivity (Wildman–Crippen MR) is 123 cm³/mol. The predicted octanol–water partition coefficient (Wildman–Crippen LogP) is 4.10. The van der Waals surface area contributed by atoms with Crippen molar-refractivity contribution >= 4 is 35.4 Å². The van der Waals surface area contributed by atoms with E-state index in [0.717, 1.165) is 24.0 Å². The van der Waals surface area contributed by atoms with Crippen LogP contribution in [0.3, 0.4) is 0 Å². The molecule has 162 valence electrons. The van der Waals surface area contributed by atoms with Crippen molar-refractivity contribution in [1.82, 2.24) is 25.6 Å². The monoisotopic (exact) mass is 455 g/mol. The summed E-state index contributed by atoms with van der Waals surface area (Å²) in [6.45, 7) is 2.37. The number of nitrogens with one attached hydrogen (secondary N) is 3. The Morgan fingerprint density at radius 3 is 2.74 bits per heavy atom. The van der Waals surface area contributed by atoms with Gasteiger partial charge < -0.3 is 0 Å². The van der Waals surface area contributed by atoms with Gasteiger partial charge in [-0.2, -0.15) is 5.10 Å². The highest BCUT2D eigenvalue weighted by molar-refractivity contribution is 7.71. The number of aromatic amines is 1. The van der Waals surface area contributed by atoms with Gasteiger partial charge in [-0.25, -0.2) is 0 Å². The number of fused-ring (bicyclic) bond motifs is 1. The summed E-state index contributed by atoms with van der Waals surface area (Å²) in [6.07, 6.45) is 5.81. The molecule has 4 rings (SSSR count). The van der Waals surface area contributed by atoms with E-state index in [2.05, 4.69) is 21.0 Å². The zero-order valence-electron chi connectivity index (χ0n) is 17.4. The highest BCUT2D eigenvalue weighted by Crippen LogP contribution is 2.28. The molecule has 1 aromatic carbocycles. The molecule has 31 heavy (non-hydrogen) atoms. The molecule has 0 saturated carbocycles. The normalized spacial score (nSPS) is 13.3. The van der Waals surface area contributed by atoms with Gasteiger partial charge in [0.05, 0.1) is 4.88 Å². The zero-order chi connectivity index (χ0) is 21.8. The first kappa shape index (κ1) is 21.5. The molecule has 0 saturated heterocycles. The smallest absolute Gasteiger partial charge is 0.279 e. The molecular weight excluding hydrogens is 430 g/mol. The number of nitrogens with zero attached hydrogens (tertiary/aromatic N) is 2. The standard InChI is InChI=1S/C22H25N5O2S2/c1-14-7-9-15(10-8-14)20-24-26-22(30)27(20)12-11-19(28)23-25-21(29)18-13-16-5-3-2-4-6-17(16)31-18/h7-10,13H,2-6,11-12H2,1H3,(H,23,28)(H,25,29)(H,26,30). The van der Waals surface area contributed by atoms with Crippen LogP contribution in [0.25, 0.3) is 11.4 Å². The molecule has 3 aromatic rings. The van der Waals surface area contributed by atoms with E-state index < -0.39 is 0 Å². The average Bonchev–Trinajstić information content (AvgIpc) is 3.27. The summed E-state index contributed by atoms with van der Waals surface area (Å²) in [5.41, 5.74) is 8.40. The van der Waals surface area contributed by atoms with Crippen LogP contribution >= 0.6 is 23.6 Å². The van der Waals surface area contributed by atoms with E-state index in [1.807, 2.05) is 37.3 Å². The van der Waals surface area contributed by atoms with Crippen LogP contribution in [0.5, 0.6) is 0 Å². The van der Waals surface area contributed by atoms with Crippen LogP contribution in [0.4, 0.5) is 0 Å². The fourth-order valence-electron chi connectivity index (χ4n) is 3.69. The lowest BCUT2D eigenvalue weighted by molar-refractivity contribution is -0.122. The van der Waals surface area contributed by atoms with Crippen molar-refractivity contribution in [2.24, 2.45) is 0 Å². The van der Waals surface area contributed by atoms with E-state index in [1.54, 1.807) is 4.57 Å². The highest BCUT2D eigenvalue weighted by atomic mass is 32.1. The number of carbonyl (C=O) groups excluding carboxylic acids is 2. The number of amides is 2. The van der Waals surface area contributed by atoms with Crippen molar-refractivity contribution < 1.29 is 9.59 Å². The minimum atomic E-state index is -0.288. The molecule has 1 aliphatic rings. The van der Waals surface area contributed by atoms with Crippen LogP contribution in [0.1, 0.15) is 51.4 Å². The van der Waals surface area contributed by atoms with Gasteiger partial charge in [0.15, 0.2) is 10.6 Å². The van der Waals surface area contributed by atoms with Crippen molar-refractivity contribution in [2.45, 2.75) is 52.0 Å². The lowest BCUT2D eigenvalue weighted by atomic mass is 10.1. The maximum Gasteiger partial charge on any atom is 0.279 e. The molecule has 0 fully saturated rings. The van der Waals surface area contributed by atoms with Gasteiger partial charge in [-0.15, -0.1) is 11.3 Å². The van der Waals surface area contributed by atoms with Crippen molar-refractivity contribution in [3.8, 4) is 11.4 Å². The van der Waals surface area contributed by atoms with E-state index in [0.29, 0.717) is 22.0 Å². The SMILES string of the molecule is Cc1ccc(-c2n[nH]c(=S)n2CCC(=O)NNC(=O)c2cc3c(s2)CCCCC3)cc1. The first-order chi connectivity index (χ1) is 15.0. The fourth-order valence-corrected chi connectivity index (χ4v) is 5.06. The molecule has 3 N–H and O–H groups in total. The topological polar surface area (TPSA) is 91.8 Å². The zero-order valence-corrected chi connectivity index (χ0v) is 19.0. The maximum absolute atomic E-state index is 12.5. The number of thiophene rings is 1. The van der Waals surface area contributed by atoms with Gasteiger partial charge in [0.2, 0.25) is 5.91 Å². The van der Waals surface area contributed by atoms with Crippen molar-refractivity contribution in [3.05, 3.63) is 56.0 Å². The minimum absolute atomic E-state index is 0.161. The summed E-state index contributed by atoms with van der Waals surface area (Å²) in [7, 11) is 0. The molecule has 0 aliphatic heterocycles. The second-order valence-electron chi connectivity index (χ2n) is 7.74. The molecule has 0 atom stereocenters. The van der Waals surface area contributed by atoms with Gasteiger partial charge in [-0.3, -0.25) is 30.1 Å². The Morgan fingerprint density at radius 2 is 1.94 bits per heavy atom. The molecule has 2 amide bonds. The van der Waals surface area contributed by atoms with Crippen LogP contribution in [-0.2, 0) is 24.2 Å². The Balaban J connectivity index is 1.33. The fraction of sp³-hybridized carbons (Fsp3) is 0.364. The molecular formula is C22H25N5O2S2. The third-order valence-corrected chi connectivity index (χ3v) is 6.96. The summed E-state index contributed by atoms with van der Waals surface area (Å²) in [5, 5.41) is 7.08. The van der Waals surface area contributed by atoms with E-state index in [4.69, 9.17) is 12.2 Å².